The normalized spacial score (nSPS) is 25.1. The van der Waals surface area contributed by atoms with Crippen LogP contribution in [0.5, 0.6) is 0 Å². The Labute approximate surface area is 125 Å². The van der Waals surface area contributed by atoms with E-state index in [-0.39, 0.29) is 0 Å². The van der Waals surface area contributed by atoms with Crippen LogP contribution in [-0.2, 0) is 6.42 Å². The largest absolute Gasteiger partial charge is 0.373 e. The van der Waals surface area contributed by atoms with Crippen LogP contribution in [0.3, 0.4) is 0 Å². The monoisotopic (exact) mass is 297 g/mol. The fourth-order valence-corrected chi connectivity index (χ4v) is 3.83. The molecule has 0 amide bonds. The number of aliphatic hydroxyl groups is 1. The molecule has 1 aromatic heterocycles. The molecule has 0 aliphatic carbocycles. The van der Waals surface area contributed by atoms with Gasteiger partial charge in [0.2, 0.25) is 0 Å². The molecule has 1 N–H and O–H groups in total. The zero-order valence-corrected chi connectivity index (χ0v) is 13.1. The molecule has 3 heterocycles. The Morgan fingerprint density at radius 2 is 1.95 bits per heavy atom. The molecular formula is C15H24ClN3O. The third kappa shape index (κ3) is 2.49. The number of piperidine rings is 1. The highest BCUT2D eigenvalue weighted by Crippen LogP contribution is 2.36. The first-order chi connectivity index (χ1) is 9.58. The average molecular weight is 298 g/mol. The highest BCUT2D eigenvalue weighted by Gasteiger charge is 2.31. The molecular weight excluding hydrogens is 274 g/mol. The zero-order chi connectivity index (χ0) is 14.3. The molecule has 1 unspecified atom stereocenters. The van der Waals surface area contributed by atoms with Crippen LogP contribution in [0.1, 0.15) is 63.2 Å². The maximum absolute atomic E-state index is 10.3. The summed E-state index contributed by atoms with van der Waals surface area (Å²) in [5.41, 5.74) is 1.03. The lowest BCUT2D eigenvalue weighted by Crippen LogP contribution is -2.38. The van der Waals surface area contributed by atoms with Gasteiger partial charge in [-0.2, -0.15) is 0 Å². The number of hydrogen-bond acceptors (Lipinski definition) is 3. The van der Waals surface area contributed by atoms with E-state index >= 15 is 0 Å². The van der Waals surface area contributed by atoms with Crippen molar-refractivity contribution in [2.45, 2.75) is 64.1 Å². The van der Waals surface area contributed by atoms with Gasteiger partial charge in [0.25, 0.3) is 0 Å². The molecule has 1 fully saturated rings. The van der Waals surface area contributed by atoms with Gasteiger partial charge in [0, 0.05) is 12.0 Å². The van der Waals surface area contributed by atoms with E-state index in [1.807, 2.05) is 4.57 Å². The lowest BCUT2D eigenvalue weighted by atomic mass is 9.94. The van der Waals surface area contributed by atoms with Crippen molar-refractivity contribution < 1.29 is 5.11 Å². The number of fused-ring (bicyclic) bond motifs is 1. The van der Waals surface area contributed by atoms with Gasteiger partial charge in [-0.1, -0.05) is 11.6 Å². The van der Waals surface area contributed by atoms with E-state index < -0.39 is 6.23 Å². The lowest BCUT2D eigenvalue weighted by molar-refractivity contribution is 0.0718. The van der Waals surface area contributed by atoms with Crippen molar-refractivity contribution in [3.05, 3.63) is 16.7 Å². The van der Waals surface area contributed by atoms with Crippen molar-refractivity contribution in [1.29, 1.82) is 0 Å². The van der Waals surface area contributed by atoms with Crippen LogP contribution >= 0.6 is 11.6 Å². The number of halogens is 1. The van der Waals surface area contributed by atoms with Gasteiger partial charge < -0.3 is 14.6 Å². The molecule has 2 aliphatic heterocycles. The van der Waals surface area contributed by atoms with Crippen molar-refractivity contribution in [2.24, 2.45) is 0 Å². The van der Waals surface area contributed by atoms with Gasteiger partial charge in [0.05, 0.1) is 5.69 Å². The van der Waals surface area contributed by atoms with Gasteiger partial charge in [0.1, 0.15) is 12.1 Å². The van der Waals surface area contributed by atoms with E-state index in [2.05, 4.69) is 23.7 Å². The van der Waals surface area contributed by atoms with E-state index in [4.69, 9.17) is 11.6 Å². The maximum Gasteiger partial charge on any atom is 0.150 e. The van der Waals surface area contributed by atoms with Gasteiger partial charge in [-0.3, -0.25) is 0 Å². The molecule has 0 radical (unpaired) electrons. The van der Waals surface area contributed by atoms with Crippen molar-refractivity contribution in [3.63, 3.8) is 0 Å². The van der Waals surface area contributed by atoms with E-state index in [9.17, 15) is 5.11 Å². The lowest BCUT2D eigenvalue weighted by Gasteiger charge is -2.35. The number of likely N-dealkylation sites (tertiary alicyclic amines) is 1. The van der Waals surface area contributed by atoms with Crippen molar-refractivity contribution >= 4 is 11.6 Å². The van der Waals surface area contributed by atoms with Crippen LogP contribution in [0.25, 0.3) is 0 Å². The smallest absolute Gasteiger partial charge is 0.150 e. The van der Waals surface area contributed by atoms with E-state index in [1.54, 1.807) is 0 Å². The fraction of sp³-hybridized carbons (Fsp3) is 0.800. The molecule has 0 aromatic carbocycles. The maximum atomic E-state index is 10.3. The van der Waals surface area contributed by atoms with Crippen LogP contribution in [0, 0.1) is 0 Å². The molecule has 4 nitrogen and oxygen atoms in total. The zero-order valence-electron chi connectivity index (χ0n) is 12.3. The molecule has 2 aliphatic rings. The first-order valence-corrected chi connectivity index (χ1v) is 8.14. The Kier molecular flexibility index (Phi) is 4.07. The highest BCUT2D eigenvalue weighted by molar-refractivity contribution is 6.30. The standard InChI is InChI=1S/C15H24ClN3O/c1-10(2)18-8-6-11(7-9-18)15-17-14(16)12-4-3-5-13(20)19(12)15/h10-11,13,20H,3-9H2,1-2H3. The Hall–Kier alpha value is -0.580. The molecule has 0 saturated carbocycles. The molecule has 1 aromatic rings. The molecule has 0 spiro atoms. The second-order valence-electron chi connectivity index (χ2n) is 6.35. The topological polar surface area (TPSA) is 41.3 Å². The second kappa shape index (κ2) is 5.66. The predicted octanol–water partition coefficient (Wildman–Crippen LogP) is 2.95. The third-order valence-corrected chi connectivity index (χ3v) is 5.09. The SMILES string of the molecule is CC(C)N1CCC(c2nc(Cl)c3n2C(O)CCC3)CC1. The van der Waals surface area contributed by atoms with Gasteiger partial charge in [-0.05, 0) is 59.0 Å². The Bertz CT molecular complexity index is 478. The summed E-state index contributed by atoms with van der Waals surface area (Å²) in [6.45, 7) is 6.72. The molecule has 20 heavy (non-hydrogen) atoms. The Balaban J connectivity index is 1.82. The summed E-state index contributed by atoms with van der Waals surface area (Å²) in [5, 5.41) is 10.9. The minimum Gasteiger partial charge on any atom is -0.373 e. The van der Waals surface area contributed by atoms with Crippen molar-refractivity contribution in [2.75, 3.05) is 13.1 Å². The molecule has 1 saturated heterocycles. The summed E-state index contributed by atoms with van der Waals surface area (Å²) in [6.07, 6.45) is 4.54. The second-order valence-corrected chi connectivity index (χ2v) is 6.71. The molecule has 1 atom stereocenters. The number of aliphatic hydroxyl groups excluding tert-OH is 1. The summed E-state index contributed by atoms with van der Waals surface area (Å²) >= 11 is 6.27. The van der Waals surface area contributed by atoms with E-state index in [0.717, 1.165) is 56.7 Å². The van der Waals surface area contributed by atoms with E-state index in [0.29, 0.717) is 17.1 Å². The summed E-state index contributed by atoms with van der Waals surface area (Å²) in [5.74, 6) is 1.45. The first-order valence-electron chi connectivity index (χ1n) is 7.76. The summed E-state index contributed by atoms with van der Waals surface area (Å²) in [7, 11) is 0. The van der Waals surface area contributed by atoms with Crippen molar-refractivity contribution in [3.8, 4) is 0 Å². The van der Waals surface area contributed by atoms with Crippen LogP contribution in [0.2, 0.25) is 5.15 Å². The van der Waals surface area contributed by atoms with Gasteiger partial charge >= 0.3 is 0 Å². The Morgan fingerprint density at radius 1 is 1.25 bits per heavy atom. The highest BCUT2D eigenvalue weighted by atomic mass is 35.5. The minimum atomic E-state index is -0.433. The third-order valence-electron chi connectivity index (χ3n) is 4.79. The number of imidazole rings is 1. The summed E-state index contributed by atoms with van der Waals surface area (Å²) in [4.78, 5) is 7.09. The van der Waals surface area contributed by atoms with Crippen LogP contribution < -0.4 is 0 Å². The average Bonchev–Trinajstić information content (AvgIpc) is 2.78. The number of nitrogens with zero attached hydrogens (tertiary/aromatic N) is 3. The quantitative estimate of drug-likeness (QED) is 0.912. The predicted molar refractivity (Wildman–Crippen MR) is 80.1 cm³/mol. The molecule has 5 heteroatoms. The summed E-state index contributed by atoms with van der Waals surface area (Å²) in [6, 6.07) is 0.610. The molecule has 112 valence electrons. The number of aromatic nitrogens is 2. The molecule has 3 rings (SSSR count). The van der Waals surface area contributed by atoms with Crippen LogP contribution in [0.15, 0.2) is 0 Å². The van der Waals surface area contributed by atoms with Gasteiger partial charge in [-0.25, -0.2) is 4.98 Å². The number of hydrogen-bond donors (Lipinski definition) is 1. The first kappa shape index (κ1) is 14.4. The van der Waals surface area contributed by atoms with Crippen LogP contribution in [-0.4, -0.2) is 38.7 Å². The fourth-order valence-electron chi connectivity index (χ4n) is 3.56. The molecule has 0 bridgehead atoms. The van der Waals surface area contributed by atoms with Crippen LogP contribution in [0.4, 0.5) is 0 Å². The van der Waals surface area contributed by atoms with Gasteiger partial charge in [-0.15, -0.1) is 0 Å². The van der Waals surface area contributed by atoms with Gasteiger partial charge in [0.15, 0.2) is 5.15 Å². The van der Waals surface area contributed by atoms with E-state index in [1.165, 1.54) is 0 Å². The minimum absolute atomic E-state index is 0.433. The summed E-state index contributed by atoms with van der Waals surface area (Å²) < 4.78 is 2.02. The number of rotatable bonds is 2. The van der Waals surface area contributed by atoms with Crippen molar-refractivity contribution in [1.82, 2.24) is 14.5 Å². The Morgan fingerprint density at radius 3 is 2.60 bits per heavy atom.